The summed E-state index contributed by atoms with van der Waals surface area (Å²) < 4.78 is 16.4. The van der Waals surface area contributed by atoms with Crippen molar-refractivity contribution in [3.8, 4) is 11.5 Å². The summed E-state index contributed by atoms with van der Waals surface area (Å²) in [5, 5.41) is 0. The second-order valence-corrected chi connectivity index (χ2v) is 4.81. The van der Waals surface area contributed by atoms with Gasteiger partial charge in [-0.1, -0.05) is 6.07 Å². The first-order valence-electron chi connectivity index (χ1n) is 6.87. The van der Waals surface area contributed by atoms with Crippen LogP contribution in [0.25, 0.3) is 0 Å². The normalized spacial score (nSPS) is 16.3. The highest BCUT2D eigenvalue weighted by Crippen LogP contribution is 2.27. The van der Waals surface area contributed by atoms with Crippen LogP contribution in [0.5, 0.6) is 11.5 Å². The van der Waals surface area contributed by atoms with Gasteiger partial charge < -0.3 is 14.2 Å². The lowest BCUT2D eigenvalue weighted by Crippen LogP contribution is -2.37. The van der Waals surface area contributed by atoms with Gasteiger partial charge in [0, 0.05) is 19.6 Å². The van der Waals surface area contributed by atoms with E-state index < -0.39 is 0 Å². The Bertz CT molecular complexity index is 389. The van der Waals surface area contributed by atoms with Crippen molar-refractivity contribution in [2.24, 2.45) is 0 Å². The van der Waals surface area contributed by atoms with E-state index in [-0.39, 0.29) is 0 Å². The molecule has 1 saturated heterocycles. The molecule has 1 aromatic rings. The lowest BCUT2D eigenvalue weighted by atomic mass is 10.2. The molecule has 0 amide bonds. The number of benzene rings is 1. The standard InChI is InChI=1S/C15H23NO3/c1-13-4-5-14(15(12-13)17-2)19-9-3-6-16-7-10-18-11-8-16/h4-5,12H,3,6-11H2,1-2H3. The molecule has 0 atom stereocenters. The number of ether oxygens (including phenoxy) is 3. The monoisotopic (exact) mass is 265 g/mol. The number of nitrogens with zero attached hydrogens (tertiary/aromatic N) is 1. The number of rotatable bonds is 6. The van der Waals surface area contributed by atoms with Crippen LogP contribution in [-0.4, -0.2) is 51.5 Å². The van der Waals surface area contributed by atoms with Gasteiger partial charge in [-0.3, -0.25) is 4.90 Å². The van der Waals surface area contributed by atoms with Crippen LogP contribution in [-0.2, 0) is 4.74 Å². The molecule has 4 heteroatoms. The van der Waals surface area contributed by atoms with Crippen molar-refractivity contribution in [3.05, 3.63) is 23.8 Å². The molecule has 0 saturated carbocycles. The highest BCUT2D eigenvalue weighted by molar-refractivity contribution is 5.42. The molecule has 1 aliphatic rings. The Labute approximate surface area is 115 Å². The minimum atomic E-state index is 0.719. The van der Waals surface area contributed by atoms with Gasteiger partial charge in [-0.05, 0) is 31.0 Å². The van der Waals surface area contributed by atoms with Crippen LogP contribution in [0.3, 0.4) is 0 Å². The quantitative estimate of drug-likeness (QED) is 0.737. The lowest BCUT2D eigenvalue weighted by Gasteiger charge is -2.26. The Morgan fingerprint density at radius 1 is 1.21 bits per heavy atom. The molecule has 0 unspecified atom stereocenters. The molecule has 1 aliphatic heterocycles. The maximum Gasteiger partial charge on any atom is 0.161 e. The molecule has 1 heterocycles. The van der Waals surface area contributed by atoms with E-state index in [1.54, 1.807) is 7.11 Å². The number of morpholine rings is 1. The largest absolute Gasteiger partial charge is 0.493 e. The van der Waals surface area contributed by atoms with Crippen molar-refractivity contribution < 1.29 is 14.2 Å². The van der Waals surface area contributed by atoms with Crippen molar-refractivity contribution in [2.45, 2.75) is 13.3 Å². The second-order valence-electron chi connectivity index (χ2n) is 4.81. The minimum Gasteiger partial charge on any atom is -0.493 e. The minimum absolute atomic E-state index is 0.719. The zero-order valence-electron chi connectivity index (χ0n) is 11.9. The van der Waals surface area contributed by atoms with E-state index in [1.165, 1.54) is 5.56 Å². The number of methoxy groups -OCH3 is 1. The van der Waals surface area contributed by atoms with Crippen LogP contribution >= 0.6 is 0 Å². The Kier molecular flexibility index (Phi) is 5.48. The van der Waals surface area contributed by atoms with Gasteiger partial charge in [0.05, 0.1) is 26.9 Å². The number of hydrogen-bond donors (Lipinski definition) is 0. The first-order chi connectivity index (χ1) is 9.29. The molecule has 19 heavy (non-hydrogen) atoms. The SMILES string of the molecule is COc1cc(C)ccc1OCCCN1CCOCC1. The van der Waals surface area contributed by atoms with Crippen LogP contribution in [0, 0.1) is 6.92 Å². The molecule has 0 bridgehead atoms. The van der Waals surface area contributed by atoms with Gasteiger partial charge in [0.25, 0.3) is 0 Å². The Balaban J connectivity index is 1.73. The summed E-state index contributed by atoms with van der Waals surface area (Å²) in [4.78, 5) is 2.42. The van der Waals surface area contributed by atoms with Crippen molar-refractivity contribution >= 4 is 0 Å². The van der Waals surface area contributed by atoms with E-state index in [2.05, 4.69) is 4.90 Å². The summed E-state index contributed by atoms with van der Waals surface area (Å²) in [6, 6.07) is 6.01. The average Bonchev–Trinajstić information content (AvgIpc) is 2.46. The van der Waals surface area contributed by atoms with Crippen LogP contribution in [0.15, 0.2) is 18.2 Å². The van der Waals surface area contributed by atoms with E-state index in [1.807, 2.05) is 25.1 Å². The van der Waals surface area contributed by atoms with Gasteiger partial charge in [-0.15, -0.1) is 0 Å². The Morgan fingerprint density at radius 2 is 2.00 bits per heavy atom. The zero-order chi connectivity index (χ0) is 13.5. The first-order valence-corrected chi connectivity index (χ1v) is 6.87. The third-order valence-electron chi connectivity index (χ3n) is 3.30. The highest BCUT2D eigenvalue weighted by atomic mass is 16.5. The number of aryl methyl sites for hydroxylation is 1. The van der Waals surface area contributed by atoms with Crippen molar-refractivity contribution in [2.75, 3.05) is 46.6 Å². The fourth-order valence-electron chi connectivity index (χ4n) is 2.19. The van der Waals surface area contributed by atoms with Gasteiger partial charge >= 0.3 is 0 Å². The molecule has 1 fully saturated rings. The molecule has 2 rings (SSSR count). The summed E-state index contributed by atoms with van der Waals surface area (Å²) >= 11 is 0. The fraction of sp³-hybridized carbons (Fsp3) is 0.600. The molecule has 0 aromatic heterocycles. The zero-order valence-corrected chi connectivity index (χ0v) is 11.9. The maximum atomic E-state index is 5.79. The third kappa shape index (κ3) is 4.40. The molecule has 0 spiro atoms. The van der Waals surface area contributed by atoms with E-state index in [0.717, 1.165) is 57.4 Å². The van der Waals surface area contributed by atoms with Crippen LogP contribution in [0.2, 0.25) is 0 Å². The van der Waals surface area contributed by atoms with Gasteiger partial charge in [0.1, 0.15) is 0 Å². The van der Waals surface area contributed by atoms with Crippen molar-refractivity contribution in [1.29, 1.82) is 0 Å². The van der Waals surface area contributed by atoms with Crippen molar-refractivity contribution in [1.82, 2.24) is 4.90 Å². The van der Waals surface area contributed by atoms with Gasteiger partial charge in [-0.25, -0.2) is 0 Å². The van der Waals surface area contributed by atoms with E-state index in [0.29, 0.717) is 0 Å². The Hall–Kier alpha value is -1.26. The summed E-state index contributed by atoms with van der Waals surface area (Å²) in [6.45, 7) is 7.61. The van der Waals surface area contributed by atoms with Crippen LogP contribution < -0.4 is 9.47 Å². The summed E-state index contributed by atoms with van der Waals surface area (Å²) in [5.41, 5.74) is 1.18. The van der Waals surface area contributed by atoms with Crippen LogP contribution in [0.4, 0.5) is 0 Å². The predicted molar refractivity (Wildman–Crippen MR) is 75.1 cm³/mol. The molecule has 0 N–H and O–H groups in total. The van der Waals surface area contributed by atoms with Gasteiger partial charge in [0.2, 0.25) is 0 Å². The number of hydrogen-bond acceptors (Lipinski definition) is 4. The molecule has 0 radical (unpaired) electrons. The molecule has 106 valence electrons. The lowest BCUT2D eigenvalue weighted by molar-refractivity contribution is 0.0357. The molecular weight excluding hydrogens is 242 g/mol. The van der Waals surface area contributed by atoms with Gasteiger partial charge in [-0.2, -0.15) is 0 Å². The van der Waals surface area contributed by atoms with Crippen LogP contribution in [0.1, 0.15) is 12.0 Å². The van der Waals surface area contributed by atoms with E-state index in [9.17, 15) is 0 Å². The maximum absolute atomic E-state index is 5.79. The third-order valence-corrected chi connectivity index (χ3v) is 3.30. The summed E-state index contributed by atoms with van der Waals surface area (Å²) in [7, 11) is 1.68. The predicted octanol–water partition coefficient (Wildman–Crippen LogP) is 2.10. The summed E-state index contributed by atoms with van der Waals surface area (Å²) in [5.74, 6) is 1.64. The average molecular weight is 265 g/mol. The molecular formula is C15H23NO3. The highest BCUT2D eigenvalue weighted by Gasteiger charge is 2.10. The topological polar surface area (TPSA) is 30.9 Å². The van der Waals surface area contributed by atoms with E-state index >= 15 is 0 Å². The molecule has 1 aromatic carbocycles. The molecule has 4 nitrogen and oxygen atoms in total. The smallest absolute Gasteiger partial charge is 0.161 e. The first kappa shape index (κ1) is 14.2. The fourth-order valence-corrected chi connectivity index (χ4v) is 2.19. The van der Waals surface area contributed by atoms with Gasteiger partial charge in [0.15, 0.2) is 11.5 Å². The summed E-state index contributed by atoms with van der Waals surface area (Å²) in [6.07, 6.45) is 1.02. The van der Waals surface area contributed by atoms with E-state index in [4.69, 9.17) is 14.2 Å². The molecule has 0 aliphatic carbocycles. The Morgan fingerprint density at radius 3 is 2.74 bits per heavy atom. The van der Waals surface area contributed by atoms with Crippen molar-refractivity contribution in [3.63, 3.8) is 0 Å². The second kappa shape index (κ2) is 7.36.